The third-order valence-electron chi connectivity index (χ3n) is 4.85. The highest BCUT2D eigenvalue weighted by molar-refractivity contribution is 5.92. The summed E-state index contributed by atoms with van der Waals surface area (Å²) in [5, 5.41) is 3.00. The molecule has 1 aromatic carbocycles. The molecule has 27 heavy (non-hydrogen) atoms. The average Bonchev–Trinajstić information content (AvgIpc) is 2.71. The molecule has 1 aliphatic heterocycles. The Morgan fingerprint density at radius 2 is 1.67 bits per heavy atom. The van der Waals surface area contributed by atoms with Gasteiger partial charge in [0.15, 0.2) is 0 Å². The van der Waals surface area contributed by atoms with Crippen LogP contribution in [0, 0.1) is 0 Å². The highest BCUT2D eigenvalue weighted by Gasteiger charge is 2.20. The monoisotopic (exact) mass is 368 g/mol. The number of hydrogen-bond acceptors (Lipinski definition) is 6. The van der Waals surface area contributed by atoms with Crippen molar-refractivity contribution in [2.24, 2.45) is 0 Å². The number of aromatic nitrogens is 2. The van der Waals surface area contributed by atoms with E-state index in [1.54, 1.807) is 12.4 Å². The van der Waals surface area contributed by atoms with E-state index in [-0.39, 0.29) is 5.91 Å². The Hall–Kier alpha value is -2.67. The SMILES string of the molecule is CCN(CC)c1ccc(NC(=O)CN2CCN(c3ncccn3)CC2)cc1. The van der Waals surface area contributed by atoms with Crippen LogP contribution in [0.1, 0.15) is 13.8 Å². The lowest BCUT2D eigenvalue weighted by Crippen LogP contribution is -2.49. The Morgan fingerprint density at radius 1 is 1.04 bits per heavy atom. The third kappa shape index (κ3) is 5.17. The quantitative estimate of drug-likeness (QED) is 0.807. The van der Waals surface area contributed by atoms with Gasteiger partial charge in [-0.25, -0.2) is 9.97 Å². The van der Waals surface area contributed by atoms with Crippen molar-refractivity contribution >= 4 is 23.2 Å². The van der Waals surface area contributed by atoms with E-state index >= 15 is 0 Å². The van der Waals surface area contributed by atoms with Crippen LogP contribution in [-0.2, 0) is 4.79 Å². The number of carbonyl (C=O) groups is 1. The molecule has 1 amide bonds. The van der Waals surface area contributed by atoms with Crippen LogP contribution in [0.4, 0.5) is 17.3 Å². The van der Waals surface area contributed by atoms with E-state index < -0.39 is 0 Å². The molecule has 0 unspecified atom stereocenters. The van der Waals surface area contributed by atoms with Crippen LogP contribution >= 0.6 is 0 Å². The summed E-state index contributed by atoms with van der Waals surface area (Å²) in [6, 6.07) is 9.87. The Bertz CT molecular complexity index is 709. The number of amides is 1. The van der Waals surface area contributed by atoms with E-state index in [1.165, 1.54) is 5.69 Å². The largest absolute Gasteiger partial charge is 0.372 e. The summed E-state index contributed by atoms with van der Waals surface area (Å²) in [7, 11) is 0. The molecular weight excluding hydrogens is 340 g/mol. The topological polar surface area (TPSA) is 64.6 Å². The van der Waals surface area contributed by atoms with Crippen molar-refractivity contribution in [3.8, 4) is 0 Å². The van der Waals surface area contributed by atoms with Gasteiger partial charge in [0.25, 0.3) is 0 Å². The summed E-state index contributed by atoms with van der Waals surface area (Å²) in [5.74, 6) is 0.782. The lowest BCUT2D eigenvalue weighted by Gasteiger charge is -2.34. The van der Waals surface area contributed by atoms with E-state index in [0.717, 1.165) is 50.9 Å². The number of piperazine rings is 1. The molecule has 0 aliphatic carbocycles. The molecule has 1 saturated heterocycles. The fourth-order valence-electron chi connectivity index (χ4n) is 3.31. The maximum Gasteiger partial charge on any atom is 0.238 e. The second-order valence-electron chi connectivity index (χ2n) is 6.58. The number of hydrogen-bond donors (Lipinski definition) is 1. The first-order chi connectivity index (χ1) is 13.2. The van der Waals surface area contributed by atoms with Gasteiger partial charge in [-0.3, -0.25) is 9.69 Å². The van der Waals surface area contributed by atoms with Crippen molar-refractivity contribution in [2.45, 2.75) is 13.8 Å². The maximum atomic E-state index is 12.4. The Kier molecular flexibility index (Phi) is 6.59. The molecule has 0 spiro atoms. The number of benzene rings is 1. The predicted octanol–water partition coefficient (Wildman–Crippen LogP) is 2.08. The highest BCUT2D eigenvalue weighted by atomic mass is 16.2. The van der Waals surface area contributed by atoms with Crippen LogP contribution < -0.4 is 15.1 Å². The lowest BCUT2D eigenvalue weighted by atomic mass is 10.2. The molecule has 0 atom stereocenters. The summed E-state index contributed by atoms with van der Waals surface area (Å²) >= 11 is 0. The molecule has 1 aromatic heterocycles. The fourth-order valence-corrected chi connectivity index (χ4v) is 3.31. The van der Waals surface area contributed by atoms with Gasteiger partial charge in [0, 0.05) is 63.0 Å². The summed E-state index contributed by atoms with van der Waals surface area (Å²) in [6.45, 7) is 9.95. The minimum Gasteiger partial charge on any atom is -0.372 e. The highest BCUT2D eigenvalue weighted by Crippen LogP contribution is 2.18. The summed E-state index contributed by atoms with van der Waals surface area (Å²) in [5.41, 5.74) is 2.02. The minimum atomic E-state index is 0.0231. The molecule has 7 nitrogen and oxygen atoms in total. The number of nitrogens with one attached hydrogen (secondary N) is 1. The Balaban J connectivity index is 1.46. The molecule has 144 valence electrons. The summed E-state index contributed by atoms with van der Waals surface area (Å²) < 4.78 is 0. The molecule has 2 heterocycles. The molecule has 7 heteroatoms. The second-order valence-corrected chi connectivity index (χ2v) is 6.58. The Morgan fingerprint density at radius 3 is 2.26 bits per heavy atom. The van der Waals surface area contributed by atoms with Crippen molar-refractivity contribution in [1.82, 2.24) is 14.9 Å². The number of rotatable bonds is 7. The standard InChI is InChI=1S/C20H28N6O/c1-3-25(4-2)18-8-6-17(7-9-18)23-19(27)16-24-12-14-26(15-13-24)20-21-10-5-11-22-20/h5-11H,3-4,12-16H2,1-2H3,(H,23,27). The van der Waals surface area contributed by atoms with Crippen LogP contribution in [0.25, 0.3) is 0 Å². The number of carbonyl (C=O) groups excluding carboxylic acids is 1. The number of anilines is 3. The Labute approximate surface area is 161 Å². The van der Waals surface area contributed by atoms with Gasteiger partial charge in [-0.2, -0.15) is 0 Å². The van der Waals surface area contributed by atoms with Crippen molar-refractivity contribution in [3.05, 3.63) is 42.7 Å². The number of nitrogens with zero attached hydrogens (tertiary/aromatic N) is 5. The van der Waals surface area contributed by atoms with E-state index in [9.17, 15) is 4.79 Å². The van der Waals surface area contributed by atoms with E-state index in [1.807, 2.05) is 18.2 Å². The smallest absolute Gasteiger partial charge is 0.238 e. The second kappa shape index (κ2) is 9.32. The van der Waals surface area contributed by atoms with E-state index in [2.05, 4.69) is 56.0 Å². The van der Waals surface area contributed by atoms with Gasteiger partial charge in [0.05, 0.1) is 6.54 Å². The van der Waals surface area contributed by atoms with Crippen molar-refractivity contribution in [2.75, 3.05) is 60.9 Å². The van der Waals surface area contributed by atoms with Gasteiger partial charge in [0.2, 0.25) is 11.9 Å². The minimum absolute atomic E-state index is 0.0231. The van der Waals surface area contributed by atoms with Crippen LogP contribution in [0.3, 0.4) is 0 Å². The predicted molar refractivity (Wildman–Crippen MR) is 109 cm³/mol. The first kappa shape index (κ1) is 19.1. The molecule has 1 fully saturated rings. The molecule has 3 rings (SSSR count). The third-order valence-corrected chi connectivity index (χ3v) is 4.85. The van der Waals surface area contributed by atoms with E-state index in [4.69, 9.17) is 0 Å². The van der Waals surface area contributed by atoms with Gasteiger partial charge in [0.1, 0.15) is 0 Å². The van der Waals surface area contributed by atoms with Gasteiger partial charge < -0.3 is 15.1 Å². The van der Waals surface area contributed by atoms with Gasteiger partial charge in [-0.05, 0) is 44.2 Å². The van der Waals surface area contributed by atoms with Crippen LogP contribution in [0.2, 0.25) is 0 Å². The van der Waals surface area contributed by atoms with Crippen LogP contribution in [-0.4, -0.2) is 66.6 Å². The first-order valence-electron chi connectivity index (χ1n) is 9.58. The summed E-state index contributed by atoms with van der Waals surface area (Å²) in [4.78, 5) is 27.5. The molecular formula is C20H28N6O. The van der Waals surface area contributed by atoms with Gasteiger partial charge in [-0.15, -0.1) is 0 Å². The zero-order chi connectivity index (χ0) is 19.1. The summed E-state index contributed by atoms with van der Waals surface area (Å²) in [6.07, 6.45) is 3.52. The zero-order valence-electron chi connectivity index (χ0n) is 16.1. The molecule has 1 aliphatic rings. The average molecular weight is 368 g/mol. The van der Waals surface area contributed by atoms with Crippen molar-refractivity contribution < 1.29 is 4.79 Å². The van der Waals surface area contributed by atoms with E-state index in [0.29, 0.717) is 6.54 Å². The fraction of sp³-hybridized carbons (Fsp3) is 0.450. The van der Waals surface area contributed by atoms with Gasteiger partial charge in [-0.1, -0.05) is 0 Å². The van der Waals surface area contributed by atoms with Crippen molar-refractivity contribution in [1.29, 1.82) is 0 Å². The molecule has 1 N–H and O–H groups in total. The molecule has 0 saturated carbocycles. The van der Waals surface area contributed by atoms with Crippen molar-refractivity contribution in [3.63, 3.8) is 0 Å². The zero-order valence-corrected chi connectivity index (χ0v) is 16.1. The van der Waals surface area contributed by atoms with Crippen LogP contribution in [0.15, 0.2) is 42.7 Å². The van der Waals surface area contributed by atoms with Crippen LogP contribution in [0.5, 0.6) is 0 Å². The maximum absolute atomic E-state index is 12.4. The van der Waals surface area contributed by atoms with Gasteiger partial charge >= 0.3 is 0 Å². The molecule has 0 radical (unpaired) electrons. The molecule has 2 aromatic rings. The lowest BCUT2D eigenvalue weighted by molar-refractivity contribution is -0.117. The normalized spacial score (nSPS) is 14.8. The first-order valence-corrected chi connectivity index (χ1v) is 9.58. The molecule has 0 bridgehead atoms.